The van der Waals surface area contributed by atoms with Gasteiger partial charge in [-0.05, 0) is 33.6 Å². The molecule has 2 heterocycles. The van der Waals surface area contributed by atoms with Gasteiger partial charge >= 0.3 is 0 Å². The maximum absolute atomic E-state index is 4.69. The molecule has 2 aromatic rings. The minimum atomic E-state index is 0.352. The van der Waals surface area contributed by atoms with Gasteiger partial charge in [0, 0.05) is 19.0 Å². The van der Waals surface area contributed by atoms with Crippen LogP contribution in [-0.2, 0) is 7.05 Å². The summed E-state index contributed by atoms with van der Waals surface area (Å²) in [7, 11) is 1.95. The molecule has 0 unspecified atom stereocenters. The molecule has 1 fully saturated rings. The van der Waals surface area contributed by atoms with Crippen LogP contribution < -0.4 is 5.32 Å². The van der Waals surface area contributed by atoms with Gasteiger partial charge in [0.2, 0.25) is 0 Å². The lowest BCUT2D eigenvalue weighted by Gasteiger charge is -2.12. The van der Waals surface area contributed by atoms with E-state index in [9.17, 15) is 0 Å². The van der Waals surface area contributed by atoms with Gasteiger partial charge in [0.1, 0.15) is 16.9 Å². The van der Waals surface area contributed by atoms with E-state index in [1.807, 2.05) is 18.7 Å². The molecule has 2 aromatic heterocycles. The van der Waals surface area contributed by atoms with Crippen molar-refractivity contribution in [3.8, 4) is 0 Å². The van der Waals surface area contributed by atoms with Crippen LogP contribution in [0.25, 0.3) is 11.0 Å². The molecule has 5 nitrogen and oxygen atoms in total. The second-order valence-electron chi connectivity index (χ2n) is 5.41. The normalized spacial score (nSPS) is 15.6. The molecule has 0 radical (unpaired) electrons. The quantitative estimate of drug-likeness (QED) is 0.902. The second-order valence-corrected chi connectivity index (χ2v) is 5.41. The standard InChI is InChI=1S/C13H19N5/c1-7(2)14-13-11-10(8(3)17-18(11)4)15-12(16-13)9-5-6-9/h7,9H,5-6H2,1-4H3,(H,14,15,16). The van der Waals surface area contributed by atoms with Crippen molar-refractivity contribution in [2.45, 2.75) is 45.6 Å². The summed E-state index contributed by atoms with van der Waals surface area (Å²) in [6.45, 7) is 6.24. The van der Waals surface area contributed by atoms with Crippen LogP contribution in [0.2, 0.25) is 0 Å². The predicted molar refractivity (Wildman–Crippen MR) is 71.8 cm³/mol. The number of aromatic nitrogens is 4. The van der Waals surface area contributed by atoms with Gasteiger partial charge < -0.3 is 5.32 Å². The topological polar surface area (TPSA) is 55.6 Å². The summed E-state index contributed by atoms with van der Waals surface area (Å²) in [5, 5.41) is 7.87. The van der Waals surface area contributed by atoms with Crippen LogP contribution in [0.4, 0.5) is 5.82 Å². The first-order valence-corrected chi connectivity index (χ1v) is 6.54. The molecule has 0 aliphatic heterocycles. The van der Waals surface area contributed by atoms with Crippen molar-refractivity contribution in [1.29, 1.82) is 0 Å². The van der Waals surface area contributed by atoms with Gasteiger partial charge in [-0.1, -0.05) is 0 Å². The van der Waals surface area contributed by atoms with Gasteiger partial charge in [0.25, 0.3) is 0 Å². The van der Waals surface area contributed by atoms with Gasteiger partial charge in [-0.3, -0.25) is 4.68 Å². The molecule has 0 spiro atoms. The van der Waals surface area contributed by atoms with Gasteiger partial charge in [-0.25, -0.2) is 9.97 Å². The molecule has 5 heteroatoms. The third-order valence-corrected chi connectivity index (χ3v) is 3.24. The third-order valence-electron chi connectivity index (χ3n) is 3.24. The fourth-order valence-electron chi connectivity index (χ4n) is 2.25. The highest BCUT2D eigenvalue weighted by molar-refractivity contribution is 5.87. The van der Waals surface area contributed by atoms with Gasteiger partial charge in [-0.2, -0.15) is 5.10 Å². The van der Waals surface area contributed by atoms with Crippen LogP contribution in [0.15, 0.2) is 0 Å². The van der Waals surface area contributed by atoms with Crippen LogP contribution in [0.5, 0.6) is 0 Å². The van der Waals surface area contributed by atoms with E-state index >= 15 is 0 Å². The van der Waals surface area contributed by atoms with E-state index in [0.717, 1.165) is 28.4 Å². The van der Waals surface area contributed by atoms with Crippen molar-refractivity contribution in [2.24, 2.45) is 7.05 Å². The number of rotatable bonds is 3. The Morgan fingerprint density at radius 2 is 2.00 bits per heavy atom. The average molecular weight is 245 g/mol. The van der Waals surface area contributed by atoms with Crippen LogP contribution in [0.3, 0.4) is 0 Å². The Hall–Kier alpha value is -1.65. The highest BCUT2D eigenvalue weighted by atomic mass is 15.3. The van der Waals surface area contributed by atoms with Gasteiger partial charge in [0.15, 0.2) is 5.82 Å². The number of anilines is 1. The molecule has 1 aliphatic carbocycles. The molecular weight excluding hydrogens is 226 g/mol. The van der Waals surface area contributed by atoms with Crippen LogP contribution in [-0.4, -0.2) is 25.8 Å². The van der Waals surface area contributed by atoms with Crippen LogP contribution in [0, 0.1) is 6.92 Å². The molecule has 18 heavy (non-hydrogen) atoms. The highest BCUT2D eigenvalue weighted by Crippen LogP contribution is 2.39. The molecule has 96 valence electrons. The first-order valence-electron chi connectivity index (χ1n) is 6.54. The molecule has 1 saturated carbocycles. The maximum Gasteiger partial charge on any atom is 0.156 e. The Morgan fingerprint density at radius 1 is 1.28 bits per heavy atom. The number of hydrogen-bond donors (Lipinski definition) is 1. The van der Waals surface area contributed by atoms with E-state index in [1.54, 1.807) is 0 Å². The summed E-state index contributed by atoms with van der Waals surface area (Å²) in [4.78, 5) is 9.39. The SMILES string of the molecule is Cc1nn(C)c2c(NC(C)C)nc(C3CC3)nc12. The molecule has 0 saturated heterocycles. The lowest BCUT2D eigenvalue weighted by Crippen LogP contribution is -2.13. The van der Waals surface area contributed by atoms with E-state index in [2.05, 4.69) is 24.3 Å². The first kappa shape index (κ1) is 11.4. The van der Waals surface area contributed by atoms with Crippen LogP contribution in [0.1, 0.15) is 44.1 Å². The van der Waals surface area contributed by atoms with Crippen LogP contribution >= 0.6 is 0 Å². The van der Waals surface area contributed by atoms with Crippen molar-refractivity contribution in [1.82, 2.24) is 19.7 Å². The summed E-state index contributed by atoms with van der Waals surface area (Å²) in [5.41, 5.74) is 2.96. The highest BCUT2D eigenvalue weighted by Gasteiger charge is 2.28. The lowest BCUT2D eigenvalue weighted by molar-refractivity contribution is 0.779. The number of nitrogens with zero attached hydrogens (tertiary/aromatic N) is 4. The van der Waals surface area contributed by atoms with Gasteiger partial charge in [-0.15, -0.1) is 0 Å². The largest absolute Gasteiger partial charge is 0.366 e. The number of hydrogen-bond acceptors (Lipinski definition) is 4. The van der Waals surface area contributed by atoms with Crippen molar-refractivity contribution >= 4 is 16.9 Å². The lowest BCUT2D eigenvalue weighted by atomic mass is 10.3. The summed E-state index contributed by atoms with van der Waals surface area (Å²) >= 11 is 0. The minimum Gasteiger partial charge on any atom is -0.366 e. The monoisotopic (exact) mass is 245 g/mol. The maximum atomic E-state index is 4.69. The molecule has 0 atom stereocenters. The third kappa shape index (κ3) is 1.83. The fourth-order valence-corrected chi connectivity index (χ4v) is 2.25. The Labute approximate surface area is 107 Å². The van der Waals surface area contributed by atoms with Crippen molar-refractivity contribution in [3.63, 3.8) is 0 Å². The summed E-state index contributed by atoms with van der Waals surface area (Å²) in [6, 6.07) is 0.352. The van der Waals surface area contributed by atoms with E-state index in [0.29, 0.717) is 12.0 Å². The second kappa shape index (κ2) is 3.93. The Kier molecular flexibility index (Phi) is 2.50. The van der Waals surface area contributed by atoms with E-state index in [4.69, 9.17) is 9.97 Å². The zero-order valence-corrected chi connectivity index (χ0v) is 11.4. The minimum absolute atomic E-state index is 0.352. The van der Waals surface area contributed by atoms with Crippen molar-refractivity contribution in [2.75, 3.05) is 5.32 Å². The van der Waals surface area contributed by atoms with E-state index < -0.39 is 0 Å². The summed E-state index contributed by atoms with van der Waals surface area (Å²) in [5.74, 6) is 2.45. The molecule has 0 amide bonds. The van der Waals surface area contributed by atoms with Gasteiger partial charge in [0.05, 0.1) is 5.69 Å². The average Bonchev–Trinajstić information content (AvgIpc) is 3.06. The van der Waals surface area contributed by atoms with E-state index in [-0.39, 0.29) is 0 Å². The van der Waals surface area contributed by atoms with Crippen molar-refractivity contribution in [3.05, 3.63) is 11.5 Å². The smallest absolute Gasteiger partial charge is 0.156 e. The molecule has 0 aromatic carbocycles. The van der Waals surface area contributed by atoms with Crippen molar-refractivity contribution < 1.29 is 0 Å². The number of fused-ring (bicyclic) bond motifs is 1. The fraction of sp³-hybridized carbons (Fsp3) is 0.615. The number of aryl methyl sites for hydroxylation is 2. The summed E-state index contributed by atoms with van der Waals surface area (Å²) in [6.07, 6.45) is 2.43. The van der Waals surface area contributed by atoms with E-state index in [1.165, 1.54) is 12.8 Å². The zero-order valence-electron chi connectivity index (χ0n) is 11.4. The Morgan fingerprint density at radius 3 is 2.61 bits per heavy atom. The molecule has 3 rings (SSSR count). The zero-order chi connectivity index (χ0) is 12.9. The number of nitrogens with one attached hydrogen (secondary N) is 1. The first-order chi connectivity index (χ1) is 8.56. The Balaban J connectivity index is 2.21. The molecule has 1 N–H and O–H groups in total. The Bertz CT molecular complexity index is 595. The molecule has 0 bridgehead atoms. The molecule has 1 aliphatic rings. The molecular formula is C13H19N5. The summed E-state index contributed by atoms with van der Waals surface area (Å²) < 4.78 is 1.87. The predicted octanol–water partition coefficient (Wildman–Crippen LogP) is 2.37.